The molecule has 80 valence electrons. The first-order valence-corrected chi connectivity index (χ1v) is 5.76. The summed E-state index contributed by atoms with van der Waals surface area (Å²) in [6, 6.07) is 3.94. The second-order valence-corrected chi connectivity index (χ2v) is 5.46. The van der Waals surface area contributed by atoms with Gasteiger partial charge in [-0.1, -0.05) is 13.8 Å². The SMILES string of the molecule is CC1(C)CN=C(c2ccc(Br)cn2)NC1. The van der Waals surface area contributed by atoms with Crippen molar-refractivity contribution in [3.63, 3.8) is 0 Å². The number of rotatable bonds is 1. The number of amidine groups is 1. The number of hydrogen-bond donors (Lipinski definition) is 1. The number of aliphatic imine (C=N–C) groups is 1. The van der Waals surface area contributed by atoms with Crippen molar-refractivity contribution in [3.05, 3.63) is 28.5 Å². The Hall–Kier alpha value is -0.900. The molecule has 2 rings (SSSR count). The van der Waals surface area contributed by atoms with E-state index in [9.17, 15) is 0 Å². The smallest absolute Gasteiger partial charge is 0.147 e. The first kappa shape index (κ1) is 10.6. The molecule has 0 atom stereocenters. The van der Waals surface area contributed by atoms with Crippen molar-refractivity contribution in [2.75, 3.05) is 13.1 Å². The number of aromatic nitrogens is 1. The topological polar surface area (TPSA) is 37.3 Å². The standard InChI is InChI=1S/C11H14BrN3/c1-11(2)6-14-10(15-7-11)9-4-3-8(12)5-13-9/h3-5H,6-7H2,1-2H3,(H,14,15). The highest BCUT2D eigenvalue weighted by Gasteiger charge is 2.22. The summed E-state index contributed by atoms with van der Waals surface area (Å²) in [7, 11) is 0. The summed E-state index contributed by atoms with van der Waals surface area (Å²) in [6.07, 6.45) is 1.79. The summed E-state index contributed by atoms with van der Waals surface area (Å²) < 4.78 is 0.989. The fraction of sp³-hybridized carbons (Fsp3) is 0.455. The van der Waals surface area contributed by atoms with Gasteiger partial charge in [0.1, 0.15) is 11.5 Å². The van der Waals surface area contributed by atoms with Gasteiger partial charge in [0.15, 0.2) is 0 Å². The Bertz CT molecular complexity index is 381. The second-order valence-electron chi connectivity index (χ2n) is 4.54. The quantitative estimate of drug-likeness (QED) is 0.848. The van der Waals surface area contributed by atoms with Crippen LogP contribution in [0.3, 0.4) is 0 Å². The lowest BCUT2D eigenvalue weighted by Crippen LogP contribution is -2.41. The molecule has 1 aromatic heterocycles. The molecule has 1 aliphatic heterocycles. The molecule has 0 aromatic carbocycles. The molecule has 1 aliphatic rings. The Morgan fingerprint density at radius 1 is 1.40 bits per heavy atom. The average molecular weight is 268 g/mol. The van der Waals surface area contributed by atoms with Crippen LogP contribution in [0.4, 0.5) is 0 Å². The van der Waals surface area contributed by atoms with Crippen LogP contribution in [-0.2, 0) is 0 Å². The highest BCUT2D eigenvalue weighted by atomic mass is 79.9. The van der Waals surface area contributed by atoms with E-state index in [0.717, 1.165) is 29.1 Å². The summed E-state index contributed by atoms with van der Waals surface area (Å²) in [4.78, 5) is 8.82. The summed E-state index contributed by atoms with van der Waals surface area (Å²) >= 11 is 3.36. The predicted octanol–water partition coefficient (Wildman–Crippen LogP) is 2.22. The minimum absolute atomic E-state index is 0.249. The molecule has 0 fully saturated rings. The lowest BCUT2D eigenvalue weighted by molar-refractivity contribution is 0.362. The van der Waals surface area contributed by atoms with Crippen LogP contribution in [0.1, 0.15) is 19.5 Å². The fourth-order valence-corrected chi connectivity index (χ4v) is 1.65. The number of pyridine rings is 1. The maximum atomic E-state index is 4.51. The lowest BCUT2D eigenvalue weighted by atomic mass is 9.92. The maximum Gasteiger partial charge on any atom is 0.147 e. The molecule has 4 heteroatoms. The summed E-state index contributed by atoms with van der Waals surface area (Å²) in [6.45, 7) is 6.21. The first-order valence-electron chi connectivity index (χ1n) is 4.97. The Morgan fingerprint density at radius 3 is 2.73 bits per heavy atom. The van der Waals surface area contributed by atoms with Crippen LogP contribution in [0.2, 0.25) is 0 Å². The lowest BCUT2D eigenvalue weighted by Gasteiger charge is -2.28. The van der Waals surface area contributed by atoms with E-state index >= 15 is 0 Å². The third-order valence-corrected chi connectivity index (χ3v) is 2.84. The monoisotopic (exact) mass is 267 g/mol. The van der Waals surface area contributed by atoms with Crippen LogP contribution in [-0.4, -0.2) is 23.9 Å². The zero-order valence-electron chi connectivity index (χ0n) is 8.92. The van der Waals surface area contributed by atoms with Crippen molar-refractivity contribution in [1.29, 1.82) is 0 Å². The zero-order chi connectivity index (χ0) is 10.9. The van der Waals surface area contributed by atoms with E-state index in [1.807, 2.05) is 12.1 Å². The Balaban J connectivity index is 2.19. The molecular formula is C11H14BrN3. The highest BCUT2D eigenvalue weighted by molar-refractivity contribution is 9.10. The third kappa shape index (κ3) is 2.56. The van der Waals surface area contributed by atoms with Crippen LogP contribution < -0.4 is 5.32 Å². The second kappa shape index (κ2) is 3.93. The van der Waals surface area contributed by atoms with E-state index in [1.54, 1.807) is 6.20 Å². The van der Waals surface area contributed by atoms with Gasteiger partial charge >= 0.3 is 0 Å². The summed E-state index contributed by atoms with van der Waals surface area (Å²) in [5.74, 6) is 0.904. The highest BCUT2D eigenvalue weighted by Crippen LogP contribution is 2.18. The van der Waals surface area contributed by atoms with Crippen LogP contribution in [0, 0.1) is 5.41 Å². The van der Waals surface area contributed by atoms with Crippen molar-refractivity contribution in [2.24, 2.45) is 10.4 Å². The number of nitrogens with zero attached hydrogens (tertiary/aromatic N) is 2. The molecule has 1 aromatic rings. The average Bonchev–Trinajstić information content (AvgIpc) is 2.20. The Kier molecular flexibility index (Phi) is 2.78. The fourth-order valence-electron chi connectivity index (χ4n) is 1.42. The number of hydrogen-bond acceptors (Lipinski definition) is 3. The molecule has 3 nitrogen and oxygen atoms in total. The van der Waals surface area contributed by atoms with E-state index in [4.69, 9.17) is 0 Å². The van der Waals surface area contributed by atoms with Gasteiger partial charge in [0.05, 0.1) is 0 Å². The van der Waals surface area contributed by atoms with Gasteiger partial charge < -0.3 is 5.32 Å². The van der Waals surface area contributed by atoms with E-state index in [0.29, 0.717) is 0 Å². The van der Waals surface area contributed by atoms with E-state index in [2.05, 4.69) is 45.1 Å². The molecule has 1 N–H and O–H groups in total. The van der Waals surface area contributed by atoms with Crippen molar-refractivity contribution in [2.45, 2.75) is 13.8 Å². The molecule has 0 spiro atoms. The molecular weight excluding hydrogens is 254 g/mol. The van der Waals surface area contributed by atoms with Gasteiger partial charge in [-0.3, -0.25) is 9.98 Å². The zero-order valence-corrected chi connectivity index (χ0v) is 10.5. The van der Waals surface area contributed by atoms with Crippen LogP contribution >= 0.6 is 15.9 Å². The maximum absolute atomic E-state index is 4.51. The van der Waals surface area contributed by atoms with Gasteiger partial charge in [0.25, 0.3) is 0 Å². The van der Waals surface area contributed by atoms with Crippen molar-refractivity contribution in [3.8, 4) is 0 Å². The molecule has 0 bridgehead atoms. The minimum atomic E-state index is 0.249. The van der Waals surface area contributed by atoms with Gasteiger partial charge in [0.2, 0.25) is 0 Å². The van der Waals surface area contributed by atoms with Gasteiger partial charge in [-0.05, 0) is 28.1 Å². The van der Waals surface area contributed by atoms with Crippen molar-refractivity contribution >= 4 is 21.8 Å². The molecule has 0 radical (unpaired) electrons. The van der Waals surface area contributed by atoms with E-state index < -0.39 is 0 Å². The van der Waals surface area contributed by atoms with E-state index in [1.165, 1.54) is 0 Å². The summed E-state index contributed by atoms with van der Waals surface area (Å²) in [5, 5.41) is 3.32. The first-order chi connectivity index (χ1) is 7.07. The summed E-state index contributed by atoms with van der Waals surface area (Å²) in [5.41, 5.74) is 1.16. The predicted molar refractivity (Wildman–Crippen MR) is 65.1 cm³/mol. The molecule has 0 saturated heterocycles. The van der Waals surface area contributed by atoms with Crippen LogP contribution in [0.5, 0.6) is 0 Å². The molecule has 15 heavy (non-hydrogen) atoms. The molecule has 0 saturated carbocycles. The van der Waals surface area contributed by atoms with Crippen LogP contribution in [0.25, 0.3) is 0 Å². The number of nitrogens with one attached hydrogen (secondary N) is 1. The largest absolute Gasteiger partial charge is 0.368 e. The van der Waals surface area contributed by atoms with Gasteiger partial charge in [0, 0.05) is 29.2 Å². The van der Waals surface area contributed by atoms with Crippen LogP contribution in [0.15, 0.2) is 27.8 Å². The van der Waals surface area contributed by atoms with E-state index in [-0.39, 0.29) is 5.41 Å². The molecule has 0 unspecified atom stereocenters. The normalized spacial score (nSPS) is 19.3. The number of halogens is 1. The third-order valence-electron chi connectivity index (χ3n) is 2.37. The van der Waals surface area contributed by atoms with Crippen molar-refractivity contribution in [1.82, 2.24) is 10.3 Å². The van der Waals surface area contributed by atoms with Gasteiger partial charge in [-0.2, -0.15) is 0 Å². The van der Waals surface area contributed by atoms with Crippen molar-refractivity contribution < 1.29 is 0 Å². The van der Waals surface area contributed by atoms with Gasteiger partial charge in [-0.25, -0.2) is 0 Å². The molecule has 0 amide bonds. The molecule has 2 heterocycles. The van der Waals surface area contributed by atoms with Gasteiger partial charge in [-0.15, -0.1) is 0 Å². The minimum Gasteiger partial charge on any atom is -0.368 e. The molecule has 0 aliphatic carbocycles. The Labute approximate surface area is 98.1 Å². The Morgan fingerprint density at radius 2 is 2.20 bits per heavy atom.